The van der Waals surface area contributed by atoms with Gasteiger partial charge in [0.1, 0.15) is 0 Å². The summed E-state index contributed by atoms with van der Waals surface area (Å²) >= 11 is 0. The second-order valence-corrected chi connectivity index (χ2v) is 7.34. The minimum atomic E-state index is -1.06. The van der Waals surface area contributed by atoms with E-state index in [0.717, 1.165) is 12.8 Å². The molecule has 3 N–H and O–H groups in total. The third kappa shape index (κ3) is 3.48. The van der Waals surface area contributed by atoms with Crippen molar-refractivity contribution in [1.82, 2.24) is 15.5 Å². The number of hydrogen-bond donors (Lipinski definition) is 3. The van der Waals surface area contributed by atoms with Crippen LogP contribution in [0, 0.1) is 5.41 Å². The van der Waals surface area contributed by atoms with E-state index in [1.807, 2.05) is 14.1 Å². The first-order valence-electron chi connectivity index (χ1n) is 7.41. The maximum atomic E-state index is 12.1. The van der Waals surface area contributed by atoms with Gasteiger partial charge in [-0.3, -0.25) is 4.79 Å². The predicted octanol–water partition coefficient (Wildman–Crippen LogP) is 1.66. The van der Waals surface area contributed by atoms with Crippen LogP contribution >= 0.6 is 0 Å². The monoisotopic (exact) mass is 299 g/mol. The van der Waals surface area contributed by atoms with Gasteiger partial charge in [0.25, 0.3) is 0 Å². The molecule has 0 saturated heterocycles. The lowest BCUT2D eigenvalue weighted by atomic mass is 9.74. The number of carboxylic acid groups (broad SMARTS) is 1. The molecule has 6 heteroatoms. The van der Waals surface area contributed by atoms with Crippen LogP contribution in [0.5, 0.6) is 0 Å². The second-order valence-electron chi connectivity index (χ2n) is 7.34. The molecule has 0 radical (unpaired) electrons. The van der Waals surface area contributed by atoms with Gasteiger partial charge in [-0.15, -0.1) is 0 Å². The van der Waals surface area contributed by atoms with Gasteiger partial charge in [0.05, 0.1) is 11.0 Å². The third-order valence-electron chi connectivity index (χ3n) is 5.33. The topological polar surface area (TPSA) is 81.7 Å². The summed E-state index contributed by atoms with van der Waals surface area (Å²) in [7, 11) is 4.05. The Morgan fingerprint density at radius 1 is 1.19 bits per heavy atom. The Hall–Kier alpha value is -1.30. The average Bonchev–Trinajstić information content (AvgIpc) is 2.25. The number of carboxylic acids is 1. The van der Waals surface area contributed by atoms with E-state index in [-0.39, 0.29) is 11.6 Å². The molecule has 0 aromatic carbocycles. The van der Waals surface area contributed by atoms with Gasteiger partial charge < -0.3 is 20.6 Å². The van der Waals surface area contributed by atoms with Gasteiger partial charge in [-0.2, -0.15) is 0 Å². The van der Waals surface area contributed by atoms with Crippen LogP contribution in [0.15, 0.2) is 0 Å². The molecule has 0 aliphatic heterocycles. The zero-order chi connectivity index (χ0) is 16.5. The lowest BCUT2D eigenvalue weighted by molar-refractivity contribution is -0.150. The molecule has 0 bridgehead atoms. The normalized spacial score (nSPS) is 18.0. The van der Waals surface area contributed by atoms with E-state index in [2.05, 4.69) is 15.5 Å². The zero-order valence-electron chi connectivity index (χ0n) is 14.0. The Bertz CT molecular complexity index is 412. The molecule has 1 saturated carbocycles. The zero-order valence-corrected chi connectivity index (χ0v) is 14.0. The summed E-state index contributed by atoms with van der Waals surface area (Å²) in [6.45, 7) is 7.26. The molecule has 0 atom stereocenters. The van der Waals surface area contributed by atoms with E-state index in [4.69, 9.17) is 0 Å². The summed E-state index contributed by atoms with van der Waals surface area (Å²) < 4.78 is 0. The fourth-order valence-electron chi connectivity index (χ4n) is 2.36. The van der Waals surface area contributed by atoms with E-state index in [9.17, 15) is 14.7 Å². The maximum absolute atomic E-state index is 12.1. The maximum Gasteiger partial charge on any atom is 0.315 e. The number of urea groups is 1. The van der Waals surface area contributed by atoms with Gasteiger partial charge in [0.2, 0.25) is 0 Å². The Labute approximate surface area is 127 Å². The predicted molar refractivity (Wildman–Crippen MR) is 82.3 cm³/mol. The molecular weight excluding hydrogens is 270 g/mol. The summed E-state index contributed by atoms with van der Waals surface area (Å²) in [5.41, 5.74) is -1.86. The van der Waals surface area contributed by atoms with E-state index in [0.29, 0.717) is 6.54 Å². The number of hydrogen-bond acceptors (Lipinski definition) is 3. The summed E-state index contributed by atoms with van der Waals surface area (Å²) in [6, 6.07) is -0.317. The third-order valence-corrected chi connectivity index (χ3v) is 5.33. The summed E-state index contributed by atoms with van der Waals surface area (Å²) in [5, 5.41) is 15.0. The average molecular weight is 299 g/mol. The Kier molecular flexibility index (Phi) is 4.93. The van der Waals surface area contributed by atoms with E-state index >= 15 is 0 Å². The van der Waals surface area contributed by atoms with Crippen molar-refractivity contribution < 1.29 is 14.7 Å². The van der Waals surface area contributed by atoms with E-state index in [1.165, 1.54) is 6.42 Å². The van der Waals surface area contributed by atoms with Crippen LogP contribution in [0.1, 0.15) is 47.0 Å². The molecule has 122 valence electrons. The number of likely N-dealkylation sites (N-methyl/N-ethyl adjacent to an activating group) is 1. The first kappa shape index (κ1) is 17.8. The Morgan fingerprint density at radius 2 is 1.71 bits per heavy atom. The summed E-state index contributed by atoms with van der Waals surface area (Å²) in [4.78, 5) is 25.6. The number of rotatable bonds is 6. The fraction of sp³-hybridized carbons (Fsp3) is 0.867. The number of carbonyl (C=O) groups excluding carboxylic acids is 1. The number of carbonyl (C=O) groups is 2. The molecule has 1 rings (SSSR count). The highest BCUT2D eigenvalue weighted by Gasteiger charge is 2.45. The highest BCUT2D eigenvalue weighted by Crippen LogP contribution is 2.35. The first-order chi connectivity index (χ1) is 9.44. The number of nitrogens with one attached hydrogen (secondary N) is 2. The standard InChI is InChI=1S/C15H29N3O3/c1-13(2,11(19)20)14(3,4)17-12(21)16-10-15(18(5)6)8-7-9-15/h7-10H2,1-6H3,(H,19,20)(H2,16,17,21). The quantitative estimate of drug-likeness (QED) is 0.696. The van der Waals surface area contributed by atoms with Crippen molar-refractivity contribution in [3.05, 3.63) is 0 Å². The van der Waals surface area contributed by atoms with Gasteiger partial charge in [-0.1, -0.05) is 0 Å². The fourth-order valence-corrected chi connectivity index (χ4v) is 2.36. The first-order valence-corrected chi connectivity index (χ1v) is 7.41. The molecule has 1 aliphatic carbocycles. The molecule has 2 amide bonds. The molecule has 6 nitrogen and oxygen atoms in total. The lowest BCUT2D eigenvalue weighted by Crippen LogP contribution is -2.62. The van der Waals surface area contributed by atoms with Crippen LogP contribution in [-0.4, -0.2) is 53.7 Å². The van der Waals surface area contributed by atoms with Crippen molar-refractivity contribution in [1.29, 1.82) is 0 Å². The van der Waals surface area contributed by atoms with Crippen LogP contribution in [0.2, 0.25) is 0 Å². The SMILES string of the molecule is CN(C)C1(CNC(=O)NC(C)(C)C(C)(C)C(=O)O)CCC1. The number of amides is 2. The van der Waals surface area contributed by atoms with Crippen LogP contribution in [0.3, 0.4) is 0 Å². The van der Waals surface area contributed by atoms with E-state index in [1.54, 1.807) is 27.7 Å². The van der Waals surface area contributed by atoms with Crippen molar-refractivity contribution in [3.63, 3.8) is 0 Å². The van der Waals surface area contributed by atoms with Crippen molar-refractivity contribution >= 4 is 12.0 Å². The highest BCUT2D eigenvalue weighted by atomic mass is 16.4. The summed E-state index contributed by atoms with van der Waals surface area (Å²) in [6.07, 6.45) is 3.33. The molecule has 0 aromatic rings. The molecule has 1 aliphatic rings. The molecule has 0 unspecified atom stereocenters. The van der Waals surface area contributed by atoms with Crippen LogP contribution in [0.25, 0.3) is 0 Å². The van der Waals surface area contributed by atoms with Gasteiger partial charge in [-0.25, -0.2) is 4.79 Å². The molecule has 0 heterocycles. The van der Waals surface area contributed by atoms with Gasteiger partial charge in [-0.05, 0) is 61.1 Å². The molecule has 21 heavy (non-hydrogen) atoms. The van der Waals surface area contributed by atoms with E-state index < -0.39 is 16.9 Å². The number of aliphatic carboxylic acids is 1. The van der Waals surface area contributed by atoms with Crippen LogP contribution in [0.4, 0.5) is 4.79 Å². The Morgan fingerprint density at radius 3 is 2.05 bits per heavy atom. The van der Waals surface area contributed by atoms with Crippen LogP contribution < -0.4 is 10.6 Å². The second kappa shape index (κ2) is 5.83. The lowest BCUT2D eigenvalue weighted by Gasteiger charge is -2.47. The van der Waals surface area contributed by atoms with Crippen molar-refractivity contribution in [2.75, 3.05) is 20.6 Å². The minimum absolute atomic E-state index is 0.0454. The minimum Gasteiger partial charge on any atom is -0.481 e. The highest BCUT2D eigenvalue weighted by molar-refractivity contribution is 5.79. The molecule has 0 spiro atoms. The largest absolute Gasteiger partial charge is 0.481 e. The molecular formula is C15H29N3O3. The van der Waals surface area contributed by atoms with Crippen molar-refractivity contribution in [2.24, 2.45) is 5.41 Å². The molecule has 0 aromatic heterocycles. The van der Waals surface area contributed by atoms with Gasteiger partial charge >= 0.3 is 12.0 Å². The van der Waals surface area contributed by atoms with Gasteiger partial charge in [0, 0.05) is 12.1 Å². The van der Waals surface area contributed by atoms with Gasteiger partial charge in [0.15, 0.2) is 0 Å². The van der Waals surface area contributed by atoms with Crippen molar-refractivity contribution in [2.45, 2.75) is 58.0 Å². The smallest absolute Gasteiger partial charge is 0.315 e. The van der Waals surface area contributed by atoms with Crippen LogP contribution in [-0.2, 0) is 4.79 Å². The summed E-state index contributed by atoms with van der Waals surface area (Å²) in [5.74, 6) is -0.934. The van der Waals surface area contributed by atoms with Crippen molar-refractivity contribution in [3.8, 4) is 0 Å². The number of nitrogens with zero attached hydrogens (tertiary/aromatic N) is 1. The molecule has 1 fully saturated rings. The Balaban J connectivity index is 2.59.